The van der Waals surface area contributed by atoms with Gasteiger partial charge in [-0.05, 0) is 41.4 Å². The van der Waals surface area contributed by atoms with Gasteiger partial charge in [-0.3, -0.25) is 0 Å². The second kappa shape index (κ2) is 8.21. The van der Waals surface area contributed by atoms with Crippen LogP contribution < -0.4 is 20.1 Å². The Morgan fingerprint density at radius 3 is 2.48 bits per heavy atom. The zero-order valence-corrected chi connectivity index (χ0v) is 15.4. The van der Waals surface area contributed by atoms with Crippen LogP contribution in [0.25, 0.3) is 0 Å². The Kier molecular flexibility index (Phi) is 5.76. The van der Waals surface area contributed by atoms with Crippen molar-refractivity contribution in [3.05, 3.63) is 59.7 Å². The molecule has 0 aromatic heterocycles. The zero-order chi connectivity index (χ0) is 17.6. The van der Waals surface area contributed by atoms with E-state index in [2.05, 4.69) is 42.7 Å². The van der Waals surface area contributed by atoms with Gasteiger partial charge in [0.05, 0.1) is 6.04 Å². The van der Waals surface area contributed by atoms with Crippen molar-refractivity contribution in [3.8, 4) is 11.5 Å². The van der Waals surface area contributed by atoms with Crippen molar-refractivity contribution in [1.29, 1.82) is 0 Å². The second-order valence-electron chi connectivity index (χ2n) is 6.44. The molecule has 0 saturated carbocycles. The largest absolute Gasteiger partial charge is 0.486 e. The summed E-state index contributed by atoms with van der Waals surface area (Å²) in [5.41, 5.74) is 2.34. The summed E-state index contributed by atoms with van der Waals surface area (Å²) in [6.07, 6.45) is 0. The normalized spacial score (nSPS) is 14.0. The van der Waals surface area contributed by atoms with Gasteiger partial charge in [-0.15, -0.1) is 0 Å². The minimum atomic E-state index is 0.103. The number of benzene rings is 2. The van der Waals surface area contributed by atoms with Crippen LogP contribution in [0.5, 0.6) is 11.5 Å². The van der Waals surface area contributed by atoms with Crippen LogP contribution in [0.4, 0.5) is 0 Å². The maximum Gasteiger partial charge on any atom is 0.167 e. The quantitative estimate of drug-likeness (QED) is 0.797. The van der Waals surface area contributed by atoms with Crippen molar-refractivity contribution in [2.24, 2.45) is 5.92 Å². The minimum absolute atomic E-state index is 0.103. The van der Waals surface area contributed by atoms with E-state index in [1.165, 1.54) is 5.56 Å². The Bertz CT molecular complexity index is 719. The third kappa shape index (κ3) is 4.63. The standard InChI is InChI=1S/C20H24N2O2S/c1-14(2)19(16-8-9-17-18(12-16)24-11-10-23-17)22-20(25)21-13-15-6-4-3-5-7-15/h3-9,12,14,19H,10-11,13H2,1-2H3,(H2,21,22,25)/t19-/m1/s1. The number of fused-ring (bicyclic) bond motifs is 1. The Morgan fingerprint density at radius 2 is 1.76 bits per heavy atom. The molecule has 0 unspecified atom stereocenters. The van der Waals surface area contributed by atoms with E-state index in [1.54, 1.807) is 0 Å². The van der Waals surface area contributed by atoms with Gasteiger partial charge in [0.25, 0.3) is 0 Å². The number of rotatable bonds is 5. The van der Waals surface area contributed by atoms with Gasteiger partial charge in [0, 0.05) is 6.54 Å². The van der Waals surface area contributed by atoms with E-state index in [4.69, 9.17) is 21.7 Å². The van der Waals surface area contributed by atoms with Gasteiger partial charge in [0.15, 0.2) is 16.6 Å². The lowest BCUT2D eigenvalue weighted by Gasteiger charge is -2.26. The number of nitrogens with one attached hydrogen (secondary N) is 2. The molecule has 2 N–H and O–H groups in total. The average molecular weight is 356 g/mol. The summed E-state index contributed by atoms with van der Waals surface area (Å²) < 4.78 is 11.3. The molecule has 3 rings (SSSR count). The van der Waals surface area contributed by atoms with Crippen LogP contribution in [-0.2, 0) is 6.54 Å². The summed E-state index contributed by atoms with van der Waals surface area (Å²) in [7, 11) is 0. The predicted molar refractivity (Wildman–Crippen MR) is 104 cm³/mol. The average Bonchev–Trinajstić information content (AvgIpc) is 2.64. The molecule has 0 aliphatic carbocycles. The van der Waals surface area contributed by atoms with Gasteiger partial charge < -0.3 is 20.1 Å². The van der Waals surface area contributed by atoms with Crippen LogP contribution in [0.2, 0.25) is 0 Å². The van der Waals surface area contributed by atoms with Gasteiger partial charge in [0.1, 0.15) is 13.2 Å². The fraction of sp³-hybridized carbons (Fsp3) is 0.350. The van der Waals surface area contributed by atoms with Crippen molar-refractivity contribution in [2.75, 3.05) is 13.2 Å². The number of hydrogen-bond donors (Lipinski definition) is 2. The molecule has 5 heteroatoms. The van der Waals surface area contributed by atoms with Gasteiger partial charge in [-0.25, -0.2) is 0 Å². The Labute approximate surface area is 154 Å². The van der Waals surface area contributed by atoms with Crippen molar-refractivity contribution >= 4 is 17.3 Å². The van der Waals surface area contributed by atoms with Crippen molar-refractivity contribution in [2.45, 2.75) is 26.4 Å². The first-order valence-corrected chi connectivity index (χ1v) is 9.02. The number of hydrogen-bond acceptors (Lipinski definition) is 3. The highest BCUT2D eigenvalue weighted by molar-refractivity contribution is 7.80. The molecule has 0 spiro atoms. The predicted octanol–water partition coefficient (Wildman–Crippen LogP) is 3.82. The molecule has 0 radical (unpaired) electrons. The van der Waals surface area contributed by atoms with E-state index < -0.39 is 0 Å². The van der Waals surface area contributed by atoms with E-state index >= 15 is 0 Å². The highest BCUT2D eigenvalue weighted by Crippen LogP contribution is 2.34. The summed E-state index contributed by atoms with van der Waals surface area (Å²) >= 11 is 5.49. The lowest BCUT2D eigenvalue weighted by molar-refractivity contribution is 0.171. The number of thiocarbonyl (C=S) groups is 1. The fourth-order valence-electron chi connectivity index (χ4n) is 2.86. The molecule has 25 heavy (non-hydrogen) atoms. The zero-order valence-electron chi connectivity index (χ0n) is 14.6. The molecular weight excluding hydrogens is 332 g/mol. The Hall–Kier alpha value is -2.27. The van der Waals surface area contributed by atoms with Gasteiger partial charge in [0.2, 0.25) is 0 Å². The lowest BCUT2D eigenvalue weighted by atomic mass is 9.95. The van der Waals surface area contributed by atoms with E-state index in [0.29, 0.717) is 30.8 Å². The fourth-order valence-corrected chi connectivity index (χ4v) is 3.06. The molecule has 0 bridgehead atoms. The molecular formula is C20H24N2O2S. The molecule has 4 nitrogen and oxygen atoms in total. The second-order valence-corrected chi connectivity index (χ2v) is 6.85. The molecule has 1 atom stereocenters. The monoisotopic (exact) mass is 356 g/mol. The SMILES string of the molecule is CC(C)[C@@H](NC(=S)NCc1ccccc1)c1ccc2c(c1)OCCO2. The molecule has 0 amide bonds. The van der Waals surface area contributed by atoms with Crippen LogP contribution >= 0.6 is 12.2 Å². The molecule has 1 heterocycles. The highest BCUT2D eigenvalue weighted by Gasteiger charge is 2.20. The molecule has 2 aromatic rings. The Balaban J connectivity index is 1.65. The van der Waals surface area contributed by atoms with Crippen LogP contribution in [-0.4, -0.2) is 18.3 Å². The molecule has 132 valence electrons. The summed E-state index contributed by atoms with van der Waals surface area (Å²) in [4.78, 5) is 0. The van der Waals surface area contributed by atoms with E-state index in [-0.39, 0.29) is 6.04 Å². The van der Waals surface area contributed by atoms with Crippen LogP contribution in [0.15, 0.2) is 48.5 Å². The first-order valence-electron chi connectivity index (χ1n) is 8.61. The van der Waals surface area contributed by atoms with Gasteiger partial charge >= 0.3 is 0 Å². The maximum absolute atomic E-state index is 5.70. The molecule has 1 aliphatic rings. The van der Waals surface area contributed by atoms with Gasteiger partial charge in [-0.2, -0.15) is 0 Å². The summed E-state index contributed by atoms with van der Waals surface area (Å²) in [5, 5.41) is 7.36. The van der Waals surface area contributed by atoms with Crippen molar-refractivity contribution < 1.29 is 9.47 Å². The van der Waals surface area contributed by atoms with Crippen LogP contribution in [0.1, 0.15) is 31.0 Å². The highest BCUT2D eigenvalue weighted by atomic mass is 32.1. The number of ether oxygens (including phenoxy) is 2. The maximum atomic E-state index is 5.70. The van der Waals surface area contributed by atoms with E-state index in [1.807, 2.05) is 30.3 Å². The van der Waals surface area contributed by atoms with Crippen LogP contribution in [0.3, 0.4) is 0 Å². The summed E-state index contributed by atoms with van der Waals surface area (Å²) in [6, 6.07) is 16.4. The molecule has 0 fully saturated rings. The lowest BCUT2D eigenvalue weighted by Crippen LogP contribution is -2.39. The first-order chi connectivity index (χ1) is 12.1. The third-order valence-electron chi connectivity index (χ3n) is 4.17. The summed E-state index contributed by atoms with van der Waals surface area (Å²) in [6.45, 7) is 6.25. The topological polar surface area (TPSA) is 42.5 Å². The summed E-state index contributed by atoms with van der Waals surface area (Å²) in [5.74, 6) is 1.99. The molecule has 1 aliphatic heterocycles. The molecule has 0 saturated heterocycles. The van der Waals surface area contributed by atoms with Crippen LogP contribution in [0, 0.1) is 5.92 Å². The van der Waals surface area contributed by atoms with E-state index in [0.717, 1.165) is 17.1 Å². The first kappa shape index (κ1) is 17.5. The third-order valence-corrected chi connectivity index (χ3v) is 4.44. The minimum Gasteiger partial charge on any atom is -0.486 e. The smallest absolute Gasteiger partial charge is 0.167 e. The van der Waals surface area contributed by atoms with Gasteiger partial charge in [-0.1, -0.05) is 50.2 Å². The molecule has 2 aromatic carbocycles. The van der Waals surface area contributed by atoms with E-state index in [9.17, 15) is 0 Å². The van der Waals surface area contributed by atoms with Crippen molar-refractivity contribution in [3.63, 3.8) is 0 Å². The Morgan fingerprint density at radius 1 is 1.04 bits per heavy atom. The van der Waals surface area contributed by atoms with Crippen molar-refractivity contribution in [1.82, 2.24) is 10.6 Å².